The molecular weight excluding hydrogens is 224 g/mol. The monoisotopic (exact) mass is 240 g/mol. The van der Waals surface area contributed by atoms with Gasteiger partial charge in [0.05, 0.1) is 7.11 Å². The average molecular weight is 240 g/mol. The maximum atomic E-state index is 5.56. The van der Waals surface area contributed by atoms with Gasteiger partial charge in [0.25, 0.3) is 0 Å². The molecule has 2 aromatic rings. The van der Waals surface area contributed by atoms with Crippen molar-refractivity contribution in [3.8, 4) is 16.9 Å². The Bertz CT molecular complexity index is 587. The van der Waals surface area contributed by atoms with E-state index in [9.17, 15) is 0 Å². The molecule has 3 rings (SSSR count). The number of ether oxygens (including phenoxy) is 1. The Balaban J connectivity index is 2.39. The van der Waals surface area contributed by atoms with Gasteiger partial charge in [0.1, 0.15) is 13.8 Å². The second kappa shape index (κ2) is 3.47. The van der Waals surface area contributed by atoms with Gasteiger partial charge in [0.2, 0.25) is 0 Å². The first kappa shape index (κ1) is 10.6. The molecule has 0 spiro atoms. The topological polar surface area (TPSA) is 9.23 Å². The third kappa shape index (κ3) is 1.31. The number of hydrogen-bond donors (Lipinski definition) is 0. The van der Waals surface area contributed by atoms with Crippen molar-refractivity contribution in [3.63, 3.8) is 0 Å². The highest BCUT2D eigenvalue weighted by atomic mass is 28.3. The fourth-order valence-electron chi connectivity index (χ4n) is 2.97. The Morgan fingerprint density at radius 3 is 2.35 bits per heavy atom. The zero-order valence-corrected chi connectivity index (χ0v) is 11.4. The summed E-state index contributed by atoms with van der Waals surface area (Å²) in [6, 6.07) is 15.2. The fraction of sp³-hybridized carbons (Fsp3) is 0.200. The van der Waals surface area contributed by atoms with Gasteiger partial charge in [-0.25, -0.2) is 0 Å². The lowest BCUT2D eigenvalue weighted by atomic mass is 10.1. The van der Waals surface area contributed by atoms with E-state index in [1.165, 1.54) is 21.5 Å². The van der Waals surface area contributed by atoms with E-state index in [1.54, 1.807) is 7.11 Å². The molecule has 0 atom stereocenters. The standard InChI is InChI=1S/C15H16OSi/c1-16-13-9-6-8-12-11-7-4-5-10-14(11)17(2,3)15(12)13/h4-10H,1-3H3. The summed E-state index contributed by atoms with van der Waals surface area (Å²) in [5, 5.41) is 2.98. The molecule has 0 fully saturated rings. The van der Waals surface area contributed by atoms with E-state index in [-0.39, 0.29) is 0 Å². The zero-order chi connectivity index (χ0) is 12.0. The predicted molar refractivity (Wildman–Crippen MR) is 75.2 cm³/mol. The lowest BCUT2D eigenvalue weighted by Gasteiger charge is -2.20. The first-order chi connectivity index (χ1) is 8.16. The maximum absolute atomic E-state index is 5.56. The average Bonchev–Trinajstić information content (AvgIpc) is 2.60. The highest BCUT2D eigenvalue weighted by Crippen LogP contribution is 2.31. The molecule has 2 heteroatoms. The van der Waals surface area contributed by atoms with Crippen molar-refractivity contribution >= 4 is 18.4 Å². The number of fused-ring (bicyclic) bond motifs is 3. The Morgan fingerprint density at radius 2 is 1.59 bits per heavy atom. The van der Waals surface area contributed by atoms with E-state index < -0.39 is 8.07 Å². The van der Waals surface area contributed by atoms with E-state index >= 15 is 0 Å². The van der Waals surface area contributed by atoms with Gasteiger partial charge in [0.15, 0.2) is 0 Å². The minimum atomic E-state index is -1.57. The lowest BCUT2D eigenvalue weighted by Crippen LogP contribution is -2.49. The maximum Gasteiger partial charge on any atom is 0.119 e. The van der Waals surface area contributed by atoms with E-state index in [0.717, 1.165) is 5.75 Å². The Labute approximate surface area is 103 Å². The van der Waals surface area contributed by atoms with Crippen LogP contribution in [0.15, 0.2) is 42.5 Å². The minimum absolute atomic E-state index is 1.05. The molecule has 0 amide bonds. The van der Waals surface area contributed by atoms with Gasteiger partial charge >= 0.3 is 0 Å². The molecule has 1 nitrogen and oxygen atoms in total. The van der Waals surface area contributed by atoms with Crippen molar-refractivity contribution in [2.45, 2.75) is 13.1 Å². The van der Waals surface area contributed by atoms with Gasteiger partial charge in [-0.1, -0.05) is 49.5 Å². The minimum Gasteiger partial charge on any atom is -0.497 e. The van der Waals surface area contributed by atoms with Gasteiger partial charge in [0, 0.05) is 0 Å². The van der Waals surface area contributed by atoms with Crippen LogP contribution in [0, 0.1) is 0 Å². The molecule has 0 saturated carbocycles. The molecular formula is C15H16OSi. The van der Waals surface area contributed by atoms with E-state index in [0.29, 0.717) is 0 Å². The van der Waals surface area contributed by atoms with E-state index in [4.69, 9.17) is 4.74 Å². The molecule has 2 aromatic carbocycles. The van der Waals surface area contributed by atoms with Crippen molar-refractivity contribution in [2.75, 3.05) is 7.11 Å². The van der Waals surface area contributed by atoms with Crippen molar-refractivity contribution < 1.29 is 4.74 Å². The van der Waals surface area contributed by atoms with Crippen LogP contribution in [0.4, 0.5) is 0 Å². The third-order valence-electron chi connectivity index (χ3n) is 3.76. The van der Waals surface area contributed by atoms with Crippen LogP contribution in [0.5, 0.6) is 5.75 Å². The van der Waals surface area contributed by atoms with Gasteiger partial charge in [-0.05, 0) is 27.6 Å². The molecule has 0 aromatic heterocycles. The summed E-state index contributed by atoms with van der Waals surface area (Å²) in [4.78, 5) is 0. The molecule has 0 radical (unpaired) electrons. The van der Waals surface area contributed by atoms with Crippen molar-refractivity contribution in [1.29, 1.82) is 0 Å². The summed E-state index contributed by atoms with van der Waals surface area (Å²) in [6.45, 7) is 4.81. The van der Waals surface area contributed by atoms with Crippen LogP contribution in [0.2, 0.25) is 13.1 Å². The molecule has 0 bridgehead atoms. The zero-order valence-electron chi connectivity index (χ0n) is 10.4. The van der Waals surface area contributed by atoms with E-state index in [1.807, 2.05) is 0 Å². The molecule has 0 aliphatic carbocycles. The first-order valence-electron chi connectivity index (χ1n) is 5.93. The second-order valence-corrected chi connectivity index (χ2v) is 9.34. The van der Waals surface area contributed by atoms with E-state index in [2.05, 4.69) is 55.6 Å². The number of rotatable bonds is 1. The van der Waals surface area contributed by atoms with Crippen molar-refractivity contribution in [1.82, 2.24) is 0 Å². The van der Waals surface area contributed by atoms with Crippen LogP contribution in [-0.4, -0.2) is 15.2 Å². The molecule has 1 heterocycles. The largest absolute Gasteiger partial charge is 0.497 e. The second-order valence-electron chi connectivity index (χ2n) is 5.05. The van der Waals surface area contributed by atoms with Crippen LogP contribution in [0.25, 0.3) is 11.1 Å². The lowest BCUT2D eigenvalue weighted by molar-refractivity contribution is 0.418. The van der Waals surface area contributed by atoms with Gasteiger partial charge in [-0.15, -0.1) is 0 Å². The summed E-state index contributed by atoms with van der Waals surface area (Å²) in [5.41, 5.74) is 2.77. The summed E-state index contributed by atoms with van der Waals surface area (Å²) in [7, 11) is 0.195. The van der Waals surface area contributed by atoms with Crippen LogP contribution in [0.1, 0.15) is 0 Å². The van der Waals surface area contributed by atoms with Crippen LogP contribution < -0.4 is 15.1 Å². The molecule has 0 N–H and O–H groups in total. The molecule has 1 aliphatic rings. The smallest absolute Gasteiger partial charge is 0.119 e. The van der Waals surface area contributed by atoms with Gasteiger partial charge < -0.3 is 4.74 Å². The highest BCUT2D eigenvalue weighted by Gasteiger charge is 2.39. The summed E-state index contributed by atoms with van der Waals surface area (Å²) >= 11 is 0. The molecule has 0 saturated heterocycles. The summed E-state index contributed by atoms with van der Waals surface area (Å²) in [6.07, 6.45) is 0. The number of hydrogen-bond acceptors (Lipinski definition) is 1. The SMILES string of the molecule is COc1cccc2c1[Si](C)(C)c1ccccc1-2. The quantitative estimate of drug-likeness (QED) is 0.696. The normalized spacial score (nSPS) is 15.2. The van der Waals surface area contributed by atoms with Gasteiger partial charge in [-0.3, -0.25) is 0 Å². The highest BCUT2D eigenvalue weighted by molar-refractivity contribution is 7.04. The third-order valence-corrected chi connectivity index (χ3v) is 7.31. The molecule has 86 valence electrons. The summed E-state index contributed by atoms with van der Waals surface area (Å²) < 4.78 is 5.56. The molecule has 1 aliphatic heterocycles. The Kier molecular flexibility index (Phi) is 2.17. The fourth-order valence-corrected chi connectivity index (χ4v) is 6.33. The van der Waals surface area contributed by atoms with Crippen LogP contribution in [0.3, 0.4) is 0 Å². The number of benzene rings is 2. The number of methoxy groups -OCH3 is 1. The summed E-state index contributed by atoms with van der Waals surface area (Å²) in [5.74, 6) is 1.05. The van der Waals surface area contributed by atoms with Crippen molar-refractivity contribution in [2.24, 2.45) is 0 Å². The first-order valence-corrected chi connectivity index (χ1v) is 8.93. The van der Waals surface area contributed by atoms with Crippen LogP contribution >= 0.6 is 0 Å². The molecule has 0 unspecified atom stereocenters. The van der Waals surface area contributed by atoms with Crippen molar-refractivity contribution in [3.05, 3.63) is 42.5 Å². The Morgan fingerprint density at radius 1 is 0.882 bits per heavy atom. The predicted octanol–water partition coefficient (Wildman–Crippen LogP) is 2.50. The molecule has 17 heavy (non-hydrogen) atoms. The Hall–Kier alpha value is -1.54. The van der Waals surface area contributed by atoms with Crippen LogP contribution in [-0.2, 0) is 0 Å². The van der Waals surface area contributed by atoms with Gasteiger partial charge in [-0.2, -0.15) is 0 Å².